The third-order valence-electron chi connectivity index (χ3n) is 2.22. The molecule has 1 fully saturated rings. The van der Waals surface area contributed by atoms with E-state index in [2.05, 4.69) is 51.6 Å². The van der Waals surface area contributed by atoms with Gasteiger partial charge in [0.15, 0.2) is 0 Å². The molecule has 68 valence electrons. The maximum absolute atomic E-state index is 3.43. The van der Waals surface area contributed by atoms with Crippen LogP contribution in [0.5, 0.6) is 0 Å². The first-order valence-corrected chi connectivity index (χ1v) is 5.29. The standard InChI is InChI=1S/C11H12BrN/c12-11-3-1-9(2-4-11)7-10-5-6-13-8-10/h1-4,7,13H,5-6,8H2/b10-7-. The van der Waals surface area contributed by atoms with Crippen LogP contribution < -0.4 is 5.32 Å². The first-order chi connectivity index (χ1) is 6.34. The zero-order valence-electron chi connectivity index (χ0n) is 7.39. The molecule has 0 radical (unpaired) electrons. The second-order valence-corrected chi connectivity index (χ2v) is 4.20. The van der Waals surface area contributed by atoms with Crippen LogP contribution in [0, 0.1) is 0 Å². The van der Waals surface area contributed by atoms with E-state index in [1.54, 1.807) is 0 Å². The van der Waals surface area contributed by atoms with Crippen molar-refractivity contribution in [3.8, 4) is 0 Å². The van der Waals surface area contributed by atoms with Crippen molar-refractivity contribution in [3.05, 3.63) is 39.9 Å². The fraction of sp³-hybridized carbons (Fsp3) is 0.273. The molecule has 1 heterocycles. The highest BCUT2D eigenvalue weighted by Gasteiger charge is 2.04. The molecule has 1 aliphatic heterocycles. The van der Waals surface area contributed by atoms with E-state index in [1.807, 2.05) is 0 Å². The molecule has 0 bridgehead atoms. The molecule has 0 atom stereocenters. The lowest BCUT2D eigenvalue weighted by Crippen LogP contribution is -2.04. The SMILES string of the molecule is Brc1ccc(/C=C2/CCNC2)cc1. The molecule has 1 aromatic rings. The van der Waals surface area contributed by atoms with E-state index in [0.29, 0.717) is 0 Å². The molecule has 1 nitrogen and oxygen atoms in total. The minimum atomic E-state index is 1.05. The molecule has 1 N–H and O–H groups in total. The summed E-state index contributed by atoms with van der Waals surface area (Å²) >= 11 is 3.43. The van der Waals surface area contributed by atoms with Gasteiger partial charge in [0.25, 0.3) is 0 Å². The lowest BCUT2D eigenvalue weighted by Gasteiger charge is -1.96. The number of halogens is 1. The summed E-state index contributed by atoms with van der Waals surface area (Å²) in [6, 6.07) is 8.42. The number of hydrogen-bond donors (Lipinski definition) is 1. The maximum Gasteiger partial charge on any atom is 0.0175 e. The Labute approximate surface area is 87.0 Å². The van der Waals surface area contributed by atoms with Gasteiger partial charge in [-0.1, -0.05) is 39.7 Å². The Morgan fingerprint density at radius 1 is 1.23 bits per heavy atom. The normalized spacial score (nSPS) is 19.6. The van der Waals surface area contributed by atoms with E-state index in [4.69, 9.17) is 0 Å². The average Bonchev–Trinajstić information content (AvgIpc) is 2.62. The molecular weight excluding hydrogens is 226 g/mol. The van der Waals surface area contributed by atoms with Gasteiger partial charge in [-0.15, -0.1) is 0 Å². The summed E-state index contributed by atoms with van der Waals surface area (Å²) in [5, 5.41) is 3.33. The van der Waals surface area contributed by atoms with Gasteiger partial charge < -0.3 is 5.32 Å². The van der Waals surface area contributed by atoms with E-state index in [0.717, 1.165) is 17.6 Å². The summed E-state index contributed by atoms with van der Waals surface area (Å²) in [5.74, 6) is 0. The van der Waals surface area contributed by atoms with E-state index in [-0.39, 0.29) is 0 Å². The highest BCUT2D eigenvalue weighted by atomic mass is 79.9. The molecule has 0 amide bonds. The lowest BCUT2D eigenvalue weighted by molar-refractivity contribution is 0.862. The highest BCUT2D eigenvalue weighted by molar-refractivity contribution is 9.10. The van der Waals surface area contributed by atoms with Crippen LogP contribution in [0.3, 0.4) is 0 Å². The van der Waals surface area contributed by atoms with Gasteiger partial charge in [0.05, 0.1) is 0 Å². The van der Waals surface area contributed by atoms with E-state index < -0.39 is 0 Å². The average molecular weight is 238 g/mol. The highest BCUT2D eigenvalue weighted by Crippen LogP contribution is 2.15. The molecule has 1 saturated heterocycles. The van der Waals surface area contributed by atoms with Crippen molar-refractivity contribution in [2.45, 2.75) is 6.42 Å². The Kier molecular flexibility index (Phi) is 2.81. The third kappa shape index (κ3) is 2.42. The van der Waals surface area contributed by atoms with Gasteiger partial charge in [-0.2, -0.15) is 0 Å². The molecule has 0 saturated carbocycles. The van der Waals surface area contributed by atoms with E-state index in [1.165, 1.54) is 17.6 Å². The van der Waals surface area contributed by atoms with Crippen LogP contribution in [0.1, 0.15) is 12.0 Å². The topological polar surface area (TPSA) is 12.0 Å². The molecular formula is C11H12BrN. The Bertz CT molecular complexity index is 305. The monoisotopic (exact) mass is 237 g/mol. The predicted octanol–water partition coefficient (Wildman–Crippen LogP) is 2.83. The minimum Gasteiger partial charge on any atom is -0.313 e. The smallest absolute Gasteiger partial charge is 0.0175 e. The van der Waals surface area contributed by atoms with Crippen molar-refractivity contribution in [1.82, 2.24) is 5.32 Å². The molecule has 0 unspecified atom stereocenters. The fourth-order valence-electron chi connectivity index (χ4n) is 1.50. The minimum absolute atomic E-state index is 1.05. The second kappa shape index (κ2) is 4.07. The van der Waals surface area contributed by atoms with Gasteiger partial charge in [-0.25, -0.2) is 0 Å². The second-order valence-electron chi connectivity index (χ2n) is 3.28. The van der Waals surface area contributed by atoms with Crippen LogP contribution in [0.4, 0.5) is 0 Å². The van der Waals surface area contributed by atoms with Gasteiger partial charge in [0.2, 0.25) is 0 Å². The molecule has 1 aromatic carbocycles. The van der Waals surface area contributed by atoms with Gasteiger partial charge in [-0.05, 0) is 30.7 Å². The van der Waals surface area contributed by atoms with Crippen LogP contribution in [0.25, 0.3) is 6.08 Å². The Balaban J connectivity index is 2.17. The summed E-state index contributed by atoms with van der Waals surface area (Å²) in [6.07, 6.45) is 3.46. The molecule has 13 heavy (non-hydrogen) atoms. The summed E-state index contributed by atoms with van der Waals surface area (Å²) < 4.78 is 1.14. The van der Waals surface area contributed by atoms with Gasteiger partial charge in [-0.3, -0.25) is 0 Å². The van der Waals surface area contributed by atoms with Gasteiger partial charge in [0.1, 0.15) is 0 Å². The molecule has 0 aromatic heterocycles. The van der Waals surface area contributed by atoms with Gasteiger partial charge >= 0.3 is 0 Å². The first-order valence-electron chi connectivity index (χ1n) is 4.50. The Morgan fingerprint density at radius 2 is 2.00 bits per heavy atom. The number of benzene rings is 1. The predicted molar refractivity (Wildman–Crippen MR) is 59.6 cm³/mol. The van der Waals surface area contributed by atoms with Crippen LogP contribution in [-0.4, -0.2) is 13.1 Å². The Morgan fingerprint density at radius 3 is 2.62 bits per heavy atom. The van der Waals surface area contributed by atoms with Crippen molar-refractivity contribution in [3.63, 3.8) is 0 Å². The fourth-order valence-corrected chi connectivity index (χ4v) is 1.77. The van der Waals surface area contributed by atoms with Crippen molar-refractivity contribution in [2.24, 2.45) is 0 Å². The van der Waals surface area contributed by atoms with E-state index >= 15 is 0 Å². The number of rotatable bonds is 1. The number of hydrogen-bond acceptors (Lipinski definition) is 1. The van der Waals surface area contributed by atoms with Crippen LogP contribution >= 0.6 is 15.9 Å². The lowest BCUT2D eigenvalue weighted by atomic mass is 10.1. The Hall–Kier alpha value is -0.600. The molecule has 2 rings (SSSR count). The molecule has 0 aliphatic carbocycles. The number of nitrogens with one attached hydrogen (secondary N) is 1. The molecule has 2 heteroatoms. The van der Waals surface area contributed by atoms with E-state index in [9.17, 15) is 0 Å². The summed E-state index contributed by atoms with van der Waals surface area (Å²) in [5.41, 5.74) is 2.80. The van der Waals surface area contributed by atoms with Crippen molar-refractivity contribution in [2.75, 3.05) is 13.1 Å². The van der Waals surface area contributed by atoms with Crippen LogP contribution in [0.15, 0.2) is 34.3 Å². The van der Waals surface area contributed by atoms with Crippen LogP contribution in [0.2, 0.25) is 0 Å². The molecule has 0 spiro atoms. The quantitative estimate of drug-likeness (QED) is 0.793. The largest absolute Gasteiger partial charge is 0.313 e. The molecule has 1 aliphatic rings. The third-order valence-corrected chi connectivity index (χ3v) is 2.74. The van der Waals surface area contributed by atoms with Crippen molar-refractivity contribution < 1.29 is 0 Å². The van der Waals surface area contributed by atoms with Crippen molar-refractivity contribution >= 4 is 22.0 Å². The zero-order valence-corrected chi connectivity index (χ0v) is 8.97. The summed E-state index contributed by atoms with van der Waals surface area (Å²) in [7, 11) is 0. The summed E-state index contributed by atoms with van der Waals surface area (Å²) in [6.45, 7) is 2.18. The first kappa shape index (κ1) is 8.97. The summed E-state index contributed by atoms with van der Waals surface area (Å²) in [4.78, 5) is 0. The maximum atomic E-state index is 3.43. The van der Waals surface area contributed by atoms with Gasteiger partial charge in [0, 0.05) is 11.0 Å². The van der Waals surface area contributed by atoms with Crippen LogP contribution in [-0.2, 0) is 0 Å². The van der Waals surface area contributed by atoms with Crippen molar-refractivity contribution in [1.29, 1.82) is 0 Å². The zero-order chi connectivity index (χ0) is 9.10.